The maximum atomic E-state index is 12.8. The number of nitrogens with zero attached hydrogens (tertiary/aromatic N) is 1. The topological polar surface area (TPSA) is 63.2 Å². The van der Waals surface area contributed by atoms with Gasteiger partial charge in [0, 0.05) is 23.8 Å². The summed E-state index contributed by atoms with van der Waals surface area (Å²) in [6, 6.07) is 12.1. The van der Waals surface area contributed by atoms with Crippen LogP contribution in [0.3, 0.4) is 0 Å². The molecule has 5 heteroatoms. The number of ether oxygens (including phenoxy) is 1. The molecule has 1 heterocycles. The third kappa shape index (κ3) is 3.68. The van der Waals surface area contributed by atoms with E-state index < -0.39 is 0 Å². The number of methoxy groups -OCH3 is 1. The summed E-state index contributed by atoms with van der Waals surface area (Å²) in [4.78, 5) is 17.4. The van der Waals surface area contributed by atoms with Gasteiger partial charge in [-0.25, -0.2) is 0 Å². The SMILES string of the molecule is C=CCNC(=O)c1cnc2c(OC)cccc2c1Nc1cccc2c1CCCC2. The summed E-state index contributed by atoms with van der Waals surface area (Å²) in [6.07, 6.45) is 7.83. The Labute approximate surface area is 170 Å². The first-order chi connectivity index (χ1) is 14.2. The van der Waals surface area contributed by atoms with Gasteiger partial charge >= 0.3 is 0 Å². The predicted molar refractivity (Wildman–Crippen MR) is 117 cm³/mol. The van der Waals surface area contributed by atoms with Gasteiger partial charge in [0.2, 0.25) is 0 Å². The van der Waals surface area contributed by atoms with Gasteiger partial charge in [0.25, 0.3) is 5.91 Å². The van der Waals surface area contributed by atoms with Gasteiger partial charge in [-0.3, -0.25) is 9.78 Å². The first-order valence-corrected chi connectivity index (χ1v) is 9.95. The fraction of sp³-hybridized carbons (Fsp3) is 0.250. The minimum absolute atomic E-state index is 0.186. The molecule has 148 valence electrons. The molecule has 2 aromatic carbocycles. The van der Waals surface area contributed by atoms with Crippen molar-refractivity contribution in [3.63, 3.8) is 0 Å². The largest absolute Gasteiger partial charge is 0.494 e. The van der Waals surface area contributed by atoms with Gasteiger partial charge in [-0.05, 0) is 48.9 Å². The van der Waals surface area contributed by atoms with Gasteiger partial charge in [0.15, 0.2) is 0 Å². The lowest BCUT2D eigenvalue weighted by Gasteiger charge is -2.22. The fourth-order valence-electron chi connectivity index (χ4n) is 3.96. The number of aryl methyl sites for hydroxylation is 1. The zero-order valence-corrected chi connectivity index (χ0v) is 16.6. The highest BCUT2D eigenvalue weighted by Gasteiger charge is 2.19. The van der Waals surface area contributed by atoms with Crippen LogP contribution in [0.15, 0.2) is 55.3 Å². The molecule has 1 aromatic heterocycles. The lowest BCUT2D eigenvalue weighted by molar-refractivity contribution is 0.0958. The van der Waals surface area contributed by atoms with E-state index in [2.05, 4.69) is 40.4 Å². The summed E-state index contributed by atoms with van der Waals surface area (Å²) in [5, 5.41) is 7.28. The number of carbonyl (C=O) groups is 1. The summed E-state index contributed by atoms with van der Waals surface area (Å²) >= 11 is 0. The van der Waals surface area contributed by atoms with E-state index in [0.29, 0.717) is 17.9 Å². The molecule has 0 saturated carbocycles. The van der Waals surface area contributed by atoms with Crippen molar-refractivity contribution in [1.82, 2.24) is 10.3 Å². The van der Waals surface area contributed by atoms with Crippen LogP contribution in [0.1, 0.15) is 34.3 Å². The lowest BCUT2D eigenvalue weighted by atomic mass is 9.90. The maximum absolute atomic E-state index is 12.8. The Morgan fingerprint density at radius 2 is 2.03 bits per heavy atom. The number of benzene rings is 2. The molecule has 0 saturated heterocycles. The van der Waals surface area contributed by atoms with Crippen molar-refractivity contribution in [1.29, 1.82) is 0 Å². The average molecular weight is 387 g/mol. The van der Waals surface area contributed by atoms with Crippen molar-refractivity contribution >= 4 is 28.2 Å². The highest BCUT2D eigenvalue weighted by atomic mass is 16.5. The van der Waals surface area contributed by atoms with Crippen LogP contribution >= 0.6 is 0 Å². The molecule has 5 nitrogen and oxygen atoms in total. The predicted octanol–water partition coefficient (Wildman–Crippen LogP) is 4.78. The molecular formula is C24H25N3O2. The molecule has 2 N–H and O–H groups in total. The summed E-state index contributed by atoms with van der Waals surface area (Å²) in [6.45, 7) is 4.07. The quantitative estimate of drug-likeness (QED) is 0.598. The Kier molecular flexibility index (Phi) is 5.47. The normalized spacial score (nSPS) is 12.9. The molecule has 1 aliphatic carbocycles. The van der Waals surface area contributed by atoms with Gasteiger partial charge in [0.05, 0.1) is 18.4 Å². The van der Waals surface area contributed by atoms with Gasteiger partial charge in [-0.1, -0.05) is 30.3 Å². The van der Waals surface area contributed by atoms with Crippen LogP contribution in [0.4, 0.5) is 11.4 Å². The number of nitrogens with one attached hydrogen (secondary N) is 2. The van der Waals surface area contributed by atoms with Crippen LogP contribution in [0.5, 0.6) is 5.75 Å². The van der Waals surface area contributed by atoms with E-state index in [1.165, 1.54) is 24.0 Å². The highest BCUT2D eigenvalue weighted by molar-refractivity contribution is 6.09. The highest BCUT2D eigenvalue weighted by Crippen LogP contribution is 2.36. The summed E-state index contributed by atoms with van der Waals surface area (Å²) in [5.41, 5.74) is 5.74. The van der Waals surface area contributed by atoms with Crippen molar-refractivity contribution in [3.05, 3.63) is 71.9 Å². The van der Waals surface area contributed by atoms with Crippen molar-refractivity contribution in [2.24, 2.45) is 0 Å². The third-order valence-electron chi connectivity index (χ3n) is 5.39. The van der Waals surface area contributed by atoms with E-state index in [1.807, 2.05) is 18.2 Å². The molecule has 1 aliphatic rings. The zero-order chi connectivity index (χ0) is 20.2. The van der Waals surface area contributed by atoms with E-state index in [-0.39, 0.29) is 5.91 Å². The van der Waals surface area contributed by atoms with Crippen LogP contribution < -0.4 is 15.4 Å². The average Bonchev–Trinajstić information content (AvgIpc) is 2.77. The number of aromatic nitrogens is 1. The standard InChI is InChI=1S/C24H25N3O2/c1-3-14-25-24(28)19-15-26-23-18(11-7-13-21(23)29-2)22(19)27-20-12-6-9-16-8-4-5-10-17(16)20/h3,6-7,9,11-13,15H,1,4-5,8,10,14H2,2H3,(H,25,28)(H,26,27). The maximum Gasteiger partial charge on any atom is 0.255 e. The molecule has 0 aliphatic heterocycles. The number of para-hydroxylation sites is 1. The number of rotatable bonds is 6. The summed E-state index contributed by atoms with van der Waals surface area (Å²) < 4.78 is 5.48. The molecule has 0 atom stereocenters. The molecular weight excluding hydrogens is 362 g/mol. The van der Waals surface area contributed by atoms with E-state index in [4.69, 9.17) is 4.74 Å². The number of hydrogen-bond acceptors (Lipinski definition) is 4. The first-order valence-electron chi connectivity index (χ1n) is 9.95. The molecule has 1 amide bonds. The van der Waals surface area contributed by atoms with E-state index >= 15 is 0 Å². The Balaban J connectivity index is 1.86. The van der Waals surface area contributed by atoms with Crippen molar-refractivity contribution in [2.75, 3.05) is 19.0 Å². The first kappa shape index (κ1) is 19.0. The van der Waals surface area contributed by atoms with Crippen LogP contribution in [-0.2, 0) is 12.8 Å². The molecule has 0 unspecified atom stereocenters. The van der Waals surface area contributed by atoms with Crippen LogP contribution in [0.2, 0.25) is 0 Å². The number of amides is 1. The second kappa shape index (κ2) is 8.35. The van der Waals surface area contributed by atoms with Crippen LogP contribution in [-0.4, -0.2) is 24.5 Å². The molecule has 3 aromatic rings. The number of anilines is 2. The second-order valence-electron chi connectivity index (χ2n) is 7.18. The zero-order valence-electron chi connectivity index (χ0n) is 16.6. The summed E-state index contributed by atoms with van der Waals surface area (Å²) in [7, 11) is 1.63. The Bertz CT molecular complexity index is 1080. The molecule has 0 bridgehead atoms. The molecule has 0 spiro atoms. The van der Waals surface area contributed by atoms with Gasteiger partial charge in [-0.15, -0.1) is 6.58 Å². The van der Waals surface area contributed by atoms with Gasteiger partial charge < -0.3 is 15.4 Å². The van der Waals surface area contributed by atoms with Crippen molar-refractivity contribution < 1.29 is 9.53 Å². The molecule has 0 fully saturated rings. The smallest absolute Gasteiger partial charge is 0.255 e. The Morgan fingerprint density at radius 1 is 1.21 bits per heavy atom. The fourth-order valence-corrected chi connectivity index (χ4v) is 3.96. The van der Waals surface area contributed by atoms with Gasteiger partial charge in [-0.2, -0.15) is 0 Å². The van der Waals surface area contributed by atoms with Gasteiger partial charge in [0.1, 0.15) is 11.3 Å². The third-order valence-corrected chi connectivity index (χ3v) is 5.39. The minimum atomic E-state index is -0.186. The molecule has 4 rings (SSSR count). The van der Waals surface area contributed by atoms with E-state index in [0.717, 1.165) is 35.1 Å². The van der Waals surface area contributed by atoms with Crippen molar-refractivity contribution in [2.45, 2.75) is 25.7 Å². The summed E-state index contributed by atoms with van der Waals surface area (Å²) in [5.74, 6) is 0.494. The van der Waals surface area contributed by atoms with Crippen LogP contribution in [0.25, 0.3) is 10.9 Å². The number of hydrogen-bond donors (Lipinski definition) is 2. The monoisotopic (exact) mass is 387 g/mol. The van der Waals surface area contributed by atoms with E-state index in [9.17, 15) is 4.79 Å². The van der Waals surface area contributed by atoms with Crippen LogP contribution in [0, 0.1) is 0 Å². The second-order valence-corrected chi connectivity index (χ2v) is 7.18. The minimum Gasteiger partial charge on any atom is -0.494 e. The number of pyridine rings is 1. The lowest BCUT2D eigenvalue weighted by Crippen LogP contribution is -2.24. The molecule has 0 radical (unpaired) electrons. The number of carbonyl (C=O) groups excluding carboxylic acids is 1. The molecule has 29 heavy (non-hydrogen) atoms. The van der Waals surface area contributed by atoms with Crippen molar-refractivity contribution in [3.8, 4) is 5.75 Å². The van der Waals surface area contributed by atoms with E-state index in [1.54, 1.807) is 19.4 Å². The Hall–Kier alpha value is -3.34. The number of fused-ring (bicyclic) bond motifs is 2. The Morgan fingerprint density at radius 3 is 2.86 bits per heavy atom.